The number of amides is 1. The van der Waals surface area contributed by atoms with Gasteiger partial charge in [-0.25, -0.2) is 0 Å². The summed E-state index contributed by atoms with van der Waals surface area (Å²) in [5.41, 5.74) is 4.98. The van der Waals surface area contributed by atoms with Gasteiger partial charge in [-0.2, -0.15) is 0 Å². The molecule has 1 atom stereocenters. The van der Waals surface area contributed by atoms with Crippen molar-refractivity contribution >= 4 is 17.7 Å². The molecule has 0 spiro atoms. The molecule has 90 valence electrons. The molecule has 1 amide bonds. The van der Waals surface area contributed by atoms with E-state index in [0.717, 1.165) is 30.0 Å². The Bertz CT molecular complexity index is 301. The van der Waals surface area contributed by atoms with Crippen molar-refractivity contribution in [2.75, 3.05) is 18.1 Å². The van der Waals surface area contributed by atoms with Crippen LogP contribution in [-0.2, 0) is 4.79 Å². The monoisotopic (exact) mass is 240 g/mol. The Morgan fingerprint density at radius 1 is 1.62 bits per heavy atom. The summed E-state index contributed by atoms with van der Waals surface area (Å²) in [6.45, 7) is 12.7. The van der Waals surface area contributed by atoms with E-state index in [0.29, 0.717) is 11.7 Å². The van der Waals surface area contributed by atoms with E-state index in [-0.39, 0.29) is 5.91 Å². The summed E-state index contributed by atoms with van der Waals surface area (Å²) in [6, 6.07) is 0. The Kier molecular flexibility index (Phi) is 4.93. The third-order valence-corrected chi connectivity index (χ3v) is 3.46. The summed E-state index contributed by atoms with van der Waals surface area (Å²) in [4.78, 5) is 11.6. The molecule has 0 aromatic rings. The molecule has 0 aromatic heterocycles. The molecule has 0 aromatic carbocycles. The van der Waals surface area contributed by atoms with Crippen molar-refractivity contribution in [1.82, 2.24) is 10.4 Å². The zero-order valence-corrected chi connectivity index (χ0v) is 10.9. The van der Waals surface area contributed by atoms with Gasteiger partial charge >= 0.3 is 0 Å². The fourth-order valence-electron chi connectivity index (χ4n) is 1.64. The minimum absolute atomic E-state index is 0.0431. The zero-order chi connectivity index (χ0) is 12.1. The first kappa shape index (κ1) is 13.2. The van der Waals surface area contributed by atoms with Crippen molar-refractivity contribution in [1.29, 1.82) is 0 Å². The second-order valence-corrected chi connectivity index (χ2v) is 5.46. The maximum atomic E-state index is 11.6. The highest BCUT2D eigenvalue weighted by Gasteiger charge is 2.22. The Morgan fingerprint density at radius 3 is 2.81 bits per heavy atom. The number of thioether (sulfide) groups is 1. The van der Waals surface area contributed by atoms with E-state index in [1.807, 2.05) is 11.9 Å². The van der Waals surface area contributed by atoms with Crippen LogP contribution in [0.3, 0.4) is 0 Å². The number of hydrogen-bond acceptors (Lipinski definition) is 3. The van der Waals surface area contributed by atoms with Crippen molar-refractivity contribution in [2.45, 2.75) is 20.3 Å². The predicted molar refractivity (Wildman–Crippen MR) is 69.9 cm³/mol. The van der Waals surface area contributed by atoms with Crippen LogP contribution in [0.15, 0.2) is 24.4 Å². The molecule has 1 aliphatic rings. The van der Waals surface area contributed by atoms with Gasteiger partial charge in [-0.3, -0.25) is 15.2 Å². The SMILES string of the molecule is C=C(C)CSCC(=O)NN1C[C@H](C)CC1=C. The third-order valence-electron chi connectivity index (χ3n) is 2.30. The van der Waals surface area contributed by atoms with Crippen molar-refractivity contribution in [3.63, 3.8) is 0 Å². The number of nitrogens with one attached hydrogen (secondary N) is 1. The normalized spacial score (nSPS) is 20.0. The lowest BCUT2D eigenvalue weighted by molar-refractivity contribution is -0.122. The standard InChI is InChI=1S/C12H20N2OS/c1-9(2)7-16-8-12(15)13-14-6-10(3)5-11(14)4/h10H,1,4-8H2,2-3H3,(H,13,15)/t10-/m1/s1. The van der Waals surface area contributed by atoms with E-state index in [1.54, 1.807) is 11.8 Å². The number of allylic oxidation sites excluding steroid dienone is 1. The highest BCUT2D eigenvalue weighted by atomic mass is 32.2. The maximum absolute atomic E-state index is 11.6. The van der Waals surface area contributed by atoms with Crippen molar-refractivity contribution in [3.8, 4) is 0 Å². The van der Waals surface area contributed by atoms with Gasteiger partial charge in [0.2, 0.25) is 5.91 Å². The molecule has 1 rings (SSSR count). The summed E-state index contributed by atoms with van der Waals surface area (Å²) in [5, 5.41) is 1.87. The van der Waals surface area contributed by atoms with E-state index in [9.17, 15) is 4.79 Å². The van der Waals surface area contributed by atoms with Crippen molar-refractivity contribution in [2.24, 2.45) is 5.92 Å². The minimum atomic E-state index is 0.0431. The number of hydrazine groups is 1. The molecule has 1 fully saturated rings. The quantitative estimate of drug-likeness (QED) is 0.748. The van der Waals surface area contributed by atoms with Crippen LogP contribution in [-0.4, -0.2) is 29.0 Å². The first-order chi connectivity index (χ1) is 7.49. The number of carbonyl (C=O) groups excluding carboxylic acids is 1. The van der Waals surface area contributed by atoms with Crippen molar-refractivity contribution < 1.29 is 4.79 Å². The molecule has 0 radical (unpaired) electrons. The van der Waals surface area contributed by atoms with Crippen LogP contribution < -0.4 is 5.43 Å². The van der Waals surface area contributed by atoms with E-state index >= 15 is 0 Å². The van der Waals surface area contributed by atoms with Crippen LogP contribution in [0.1, 0.15) is 20.3 Å². The summed E-state index contributed by atoms with van der Waals surface area (Å²) in [6.07, 6.45) is 0.971. The van der Waals surface area contributed by atoms with Gasteiger partial charge in [0, 0.05) is 18.0 Å². The molecule has 1 saturated heterocycles. The van der Waals surface area contributed by atoms with E-state index in [2.05, 4.69) is 25.5 Å². The molecule has 16 heavy (non-hydrogen) atoms. The van der Waals surface area contributed by atoms with E-state index < -0.39 is 0 Å². The number of carbonyl (C=O) groups is 1. The molecule has 3 nitrogen and oxygen atoms in total. The number of hydrogen-bond donors (Lipinski definition) is 1. The molecule has 0 unspecified atom stereocenters. The highest BCUT2D eigenvalue weighted by molar-refractivity contribution is 8.00. The Labute approximate surface area is 102 Å². The van der Waals surface area contributed by atoms with Gasteiger partial charge in [0.25, 0.3) is 0 Å². The van der Waals surface area contributed by atoms with Gasteiger partial charge in [-0.1, -0.05) is 25.7 Å². The molecular weight excluding hydrogens is 220 g/mol. The molecule has 1 heterocycles. The fraction of sp³-hybridized carbons (Fsp3) is 0.583. The van der Waals surface area contributed by atoms with Gasteiger partial charge in [0.15, 0.2) is 0 Å². The maximum Gasteiger partial charge on any atom is 0.248 e. The molecular formula is C12H20N2OS. The molecule has 0 aliphatic carbocycles. The first-order valence-corrected chi connectivity index (χ1v) is 6.61. The van der Waals surface area contributed by atoms with E-state index in [4.69, 9.17) is 0 Å². The van der Waals surface area contributed by atoms with Crippen LogP contribution in [0.5, 0.6) is 0 Å². The Hall–Kier alpha value is -0.900. The lowest BCUT2D eigenvalue weighted by Crippen LogP contribution is -2.40. The summed E-state index contributed by atoms with van der Waals surface area (Å²) in [5.74, 6) is 1.94. The van der Waals surface area contributed by atoms with Gasteiger partial charge < -0.3 is 0 Å². The predicted octanol–water partition coefficient (Wildman–Crippen LogP) is 2.18. The molecule has 0 bridgehead atoms. The van der Waals surface area contributed by atoms with Crippen LogP contribution in [0.25, 0.3) is 0 Å². The van der Waals surface area contributed by atoms with Crippen LogP contribution >= 0.6 is 11.8 Å². The largest absolute Gasteiger partial charge is 0.290 e. The van der Waals surface area contributed by atoms with Crippen LogP contribution in [0, 0.1) is 5.92 Å². The highest BCUT2D eigenvalue weighted by Crippen LogP contribution is 2.22. The van der Waals surface area contributed by atoms with Crippen molar-refractivity contribution in [3.05, 3.63) is 24.4 Å². The average Bonchev–Trinajstić information content (AvgIpc) is 2.44. The molecule has 4 heteroatoms. The smallest absolute Gasteiger partial charge is 0.248 e. The first-order valence-electron chi connectivity index (χ1n) is 5.46. The lowest BCUT2D eigenvalue weighted by atomic mass is 10.1. The van der Waals surface area contributed by atoms with Gasteiger partial charge in [0.1, 0.15) is 0 Å². The lowest BCUT2D eigenvalue weighted by Gasteiger charge is -2.20. The Morgan fingerprint density at radius 2 is 2.31 bits per heavy atom. The fourth-order valence-corrected chi connectivity index (χ4v) is 2.34. The summed E-state index contributed by atoms with van der Waals surface area (Å²) >= 11 is 1.59. The van der Waals surface area contributed by atoms with Gasteiger partial charge in [0.05, 0.1) is 5.75 Å². The minimum Gasteiger partial charge on any atom is -0.290 e. The van der Waals surface area contributed by atoms with E-state index in [1.165, 1.54) is 0 Å². The third kappa shape index (κ3) is 4.31. The summed E-state index contributed by atoms with van der Waals surface area (Å²) in [7, 11) is 0. The molecule has 1 aliphatic heterocycles. The Balaban J connectivity index is 2.24. The second kappa shape index (κ2) is 5.99. The average molecular weight is 240 g/mol. The van der Waals surface area contributed by atoms with Crippen LogP contribution in [0.4, 0.5) is 0 Å². The molecule has 0 saturated carbocycles. The topological polar surface area (TPSA) is 32.3 Å². The second-order valence-electron chi connectivity index (χ2n) is 4.47. The van der Waals surface area contributed by atoms with Crippen LogP contribution in [0.2, 0.25) is 0 Å². The number of rotatable bonds is 5. The number of nitrogens with zero attached hydrogens (tertiary/aromatic N) is 1. The zero-order valence-electron chi connectivity index (χ0n) is 10.1. The molecule has 1 N–H and O–H groups in total. The summed E-state index contributed by atoms with van der Waals surface area (Å²) < 4.78 is 0. The van der Waals surface area contributed by atoms with Gasteiger partial charge in [-0.05, 0) is 19.3 Å². The van der Waals surface area contributed by atoms with Gasteiger partial charge in [-0.15, -0.1) is 11.8 Å².